The van der Waals surface area contributed by atoms with E-state index in [9.17, 15) is 9.59 Å². The van der Waals surface area contributed by atoms with E-state index in [2.05, 4.69) is 10.5 Å². The van der Waals surface area contributed by atoms with Crippen molar-refractivity contribution >= 4 is 17.6 Å². The molecule has 0 aliphatic heterocycles. The van der Waals surface area contributed by atoms with E-state index in [1.807, 2.05) is 60.7 Å². The van der Waals surface area contributed by atoms with Gasteiger partial charge in [-0.05, 0) is 6.92 Å². The van der Waals surface area contributed by atoms with E-state index >= 15 is 0 Å². The first-order chi connectivity index (χ1) is 12.2. The highest BCUT2D eigenvalue weighted by atomic mass is 16.6. The van der Waals surface area contributed by atoms with Crippen LogP contribution in [0.2, 0.25) is 0 Å². The molecule has 0 aliphatic rings. The van der Waals surface area contributed by atoms with Crippen LogP contribution in [0.5, 0.6) is 0 Å². The smallest absolute Gasteiger partial charge is 0.332 e. The van der Waals surface area contributed by atoms with E-state index in [-0.39, 0.29) is 6.61 Å². The fourth-order valence-corrected chi connectivity index (χ4v) is 2.01. The molecular weight excluding hydrogens is 320 g/mol. The number of benzene rings is 2. The van der Waals surface area contributed by atoms with Gasteiger partial charge >= 0.3 is 5.97 Å². The molecule has 0 unspecified atom stereocenters. The van der Waals surface area contributed by atoms with Gasteiger partial charge in [0.1, 0.15) is 6.61 Å². The van der Waals surface area contributed by atoms with Gasteiger partial charge in [0.05, 0.1) is 5.71 Å². The second-order valence-electron chi connectivity index (χ2n) is 5.03. The van der Waals surface area contributed by atoms with Gasteiger partial charge in [0, 0.05) is 17.7 Å². The summed E-state index contributed by atoms with van der Waals surface area (Å²) in [6, 6.07) is 19.0. The van der Waals surface area contributed by atoms with Crippen molar-refractivity contribution < 1.29 is 19.1 Å². The van der Waals surface area contributed by atoms with E-state index in [1.54, 1.807) is 6.92 Å². The van der Waals surface area contributed by atoms with Crippen molar-refractivity contribution in [3.8, 4) is 0 Å². The number of hydrazone groups is 1. The van der Waals surface area contributed by atoms with Gasteiger partial charge in [0.25, 0.3) is 5.91 Å². The largest absolute Gasteiger partial charge is 0.454 e. The Kier molecular flexibility index (Phi) is 7.34. The zero-order valence-corrected chi connectivity index (χ0v) is 14.0. The molecule has 0 saturated heterocycles. The Balaban J connectivity index is 2.03. The maximum absolute atomic E-state index is 11.9. The van der Waals surface area contributed by atoms with Gasteiger partial charge in [0.15, 0.2) is 6.61 Å². The minimum atomic E-state index is -0.590. The molecule has 6 nitrogen and oxygen atoms in total. The molecule has 0 fully saturated rings. The summed E-state index contributed by atoms with van der Waals surface area (Å²) in [7, 11) is 0. The third kappa shape index (κ3) is 6.19. The summed E-state index contributed by atoms with van der Waals surface area (Å²) in [5.74, 6) is -1.11. The monoisotopic (exact) mass is 340 g/mol. The lowest BCUT2D eigenvalue weighted by atomic mass is 10.0. The predicted octanol–water partition coefficient (Wildman–Crippen LogP) is 2.13. The summed E-state index contributed by atoms with van der Waals surface area (Å²) >= 11 is 0. The van der Waals surface area contributed by atoms with Crippen LogP contribution < -0.4 is 5.43 Å². The number of carbonyl (C=O) groups is 2. The molecule has 0 aliphatic carbocycles. The van der Waals surface area contributed by atoms with Crippen LogP contribution in [0.25, 0.3) is 0 Å². The molecule has 130 valence electrons. The Morgan fingerprint density at radius 3 is 2.00 bits per heavy atom. The number of amides is 1. The third-order valence-corrected chi connectivity index (χ3v) is 3.18. The molecule has 0 bridgehead atoms. The van der Waals surface area contributed by atoms with Crippen LogP contribution in [-0.4, -0.2) is 37.4 Å². The van der Waals surface area contributed by atoms with Crippen molar-refractivity contribution in [2.45, 2.75) is 6.92 Å². The zero-order chi connectivity index (χ0) is 17.9. The maximum atomic E-state index is 11.9. The topological polar surface area (TPSA) is 77.0 Å². The van der Waals surface area contributed by atoms with E-state index in [1.165, 1.54) is 0 Å². The first kappa shape index (κ1) is 18.4. The molecule has 0 atom stereocenters. The minimum absolute atomic E-state index is 0.174. The van der Waals surface area contributed by atoms with Gasteiger partial charge in [-0.15, -0.1) is 0 Å². The first-order valence-corrected chi connectivity index (χ1v) is 7.91. The third-order valence-electron chi connectivity index (χ3n) is 3.18. The fourth-order valence-electron chi connectivity index (χ4n) is 2.01. The number of hydrogen-bond donors (Lipinski definition) is 1. The molecule has 2 aromatic carbocycles. The Bertz CT molecular complexity index is 673. The number of nitrogens with zero attached hydrogens (tertiary/aromatic N) is 1. The molecule has 1 N–H and O–H groups in total. The standard InChI is InChI=1S/C19H20N2O4/c1-2-24-14-18(23)25-13-17(22)20-21-19(15-9-5-3-6-10-15)16-11-7-4-8-12-16/h3-12H,2,13-14H2,1H3,(H,20,22). The van der Waals surface area contributed by atoms with Crippen LogP contribution >= 0.6 is 0 Å². The SMILES string of the molecule is CCOCC(=O)OCC(=O)NN=C(c1ccccc1)c1ccccc1. The van der Waals surface area contributed by atoms with Crippen LogP contribution in [0.15, 0.2) is 65.8 Å². The molecule has 0 saturated carbocycles. The van der Waals surface area contributed by atoms with E-state index in [0.29, 0.717) is 12.3 Å². The average Bonchev–Trinajstić information content (AvgIpc) is 2.66. The number of carbonyl (C=O) groups excluding carboxylic acids is 2. The molecule has 25 heavy (non-hydrogen) atoms. The fraction of sp³-hybridized carbons (Fsp3) is 0.211. The number of esters is 1. The zero-order valence-electron chi connectivity index (χ0n) is 14.0. The maximum Gasteiger partial charge on any atom is 0.332 e. The minimum Gasteiger partial charge on any atom is -0.454 e. The van der Waals surface area contributed by atoms with Crippen molar-refractivity contribution in [1.82, 2.24) is 5.43 Å². The highest BCUT2D eigenvalue weighted by molar-refractivity contribution is 6.13. The molecule has 2 aromatic rings. The summed E-state index contributed by atoms with van der Waals surface area (Å²) in [5, 5.41) is 4.20. The normalized spacial score (nSPS) is 9.96. The second-order valence-corrected chi connectivity index (χ2v) is 5.03. The first-order valence-electron chi connectivity index (χ1n) is 7.91. The summed E-state index contributed by atoms with van der Waals surface area (Å²) in [6.07, 6.45) is 0. The molecule has 0 radical (unpaired) electrons. The predicted molar refractivity (Wildman–Crippen MR) is 94.1 cm³/mol. The molecule has 1 amide bonds. The summed E-state index contributed by atoms with van der Waals surface area (Å²) in [4.78, 5) is 23.2. The lowest BCUT2D eigenvalue weighted by Crippen LogP contribution is -2.27. The van der Waals surface area contributed by atoms with Crippen LogP contribution in [0.3, 0.4) is 0 Å². The Morgan fingerprint density at radius 1 is 0.920 bits per heavy atom. The Labute approximate surface area is 146 Å². The second kappa shape index (κ2) is 10.00. The van der Waals surface area contributed by atoms with Crippen molar-refractivity contribution in [3.63, 3.8) is 0 Å². The quantitative estimate of drug-likeness (QED) is 0.454. The summed E-state index contributed by atoms with van der Waals surface area (Å²) < 4.78 is 9.71. The average molecular weight is 340 g/mol. The Hall–Kier alpha value is -2.99. The Morgan fingerprint density at radius 2 is 1.48 bits per heavy atom. The highest BCUT2D eigenvalue weighted by Gasteiger charge is 2.09. The van der Waals surface area contributed by atoms with Crippen LogP contribution in [-0.2, 0) is 19.1 Å². The van der Waals surface area contributed by atoms with Crippen molar-refractivity contribution in [3.05, 3.63) is 71.8 Å². The van der Waals surface area contributed by atoms with Crippen LogP contribution in [0.4, 0.5) is 0 Å². The number of ether oxygens (including phenoxy) is 2. The van der Waals surface area contributed by atoms with Gasteiger partial charge in [-0.1, -0.05) is 60.7 Å². The molecular formula is C19H20N2O4. The van der Waals surface area contributed by atoms with Crippen LogP contribution in [0, 0.1) is 0 Å². The summed E-state index contributed by atoms with van der Waals surface area (Å²) in [6.45, 7) is 1.59. The van der Waals surface area contributed by atoms with Gasteiger partial charge in [-0.25, -0.2) is 10.2 Å². The lowest BCUT2D eigenvalue weighted by molar-refractivity contribution is -0.152. The number of rotatable bonds is 8. The van der Waals surface area contributed by atoms with Gasteiger partial charge in [-0.3, -0.25) is 4.79 Å². The van der Waals surface area contributed by atoms with Crippen LogP contribution in [0.1, 0.15) is 18.1 Å². The van der Waals surface area contributed by atoms with Crippen molar-refractivity contribution in [2.24, 2.45) is 5.10 Å². The summed E-state index contributed by atoms with van der Waals surface area (Å²) in [5.41, 5.74) is 4.77. The van der Waals surface area contributed by atoms with E-state index in [4.69, 9.17) is 9.47 Å². The van der Waals surface area contributed by atoms with Gasteiger partial charge < -0.3 is 9.47 Å². The number of nitrogens with one attached hydrogen (secondary N) is 1. The molecule has 0 spiro atoms. The van der Waals surface area contributed by atoms with E-state index < -0.39 is 18.5 Å². The van der Waals surface area contributed by atoms with Crippen molar-refractivity contribution in [2.75, 3.05) is 19.8 Å². The van der Waals surface area contributed by atoms with Gasteiger partial charge in [0.2, 0.25) is 0 Å². The molecule has 2 rings (SSSR count). The van der Waals surface area contributed by atoms with Crippen molar-refractivity contribution in [1.29, 1.82) is 0 Å². The molecule has 0 heterocycles. The highest BCUT2D eigenvalue weighted by Crippen LogP contribution is 2.10. The van der Waals surface area contributed by atoms with E-state index in [0.717, 1.165) is 11.1 Å². The van der Waals surface area contributed by atoms with Gasteiger partial charge in [-0.2, -0.15) is 5.10 Å². The lowest BCUT2D eigenvalue weighted by Gasteiger charge is -2.08. The molecule has 0 aromatic heterocycles. The number of hydrogen-bond acceptors (Lipinski definition) is 5. The molecule has 6 heteroatoms.